The summed E-state index contributed by atoms with van der Waals surface area (Å²) in [5.41, 5.74) is 2.82. The lowest BCUT2D eigenvalue weighted by molar-refractivity contribution is 0.0950. The number of aromatic nitrogens is 1. The molecule has 0 aliphatic rings. The SMILES string of the molecule is O=C(NCc1ccccc1)c1ccc(NCCc2ccc(Cl)cc2)nc1. The Balaban J connectivity index is 1.46. The van der Waals surface area contributed by atoms with Gasteiger partial charge in [-0.25, -0.2) is 4.98 Å². The van der Waals surface area contributed by atoms with Crippen molar-refractivity contribution in [1.29, 1.82) is 0 Å². The molecule has 26 heavy (non-hydrogen) atoms. The lowest BCUT2D eigenvalue weighted by Crippen LogP contribution is -2.22. The van der Waals surface area contributed by atoms with Gasteiger partial charge in [0.05, 0.1) is 5.56 Å². The molecular formula is C21H20ClN3O. The highest BCUT2D eigenvalue weighted by atomic mass is 35.5. The second-order valence-corrected chi connectivity index (χ2v) is 6.34. The minimum Gasteiger partial charge on any atom is -0.370 e. The molecule has 5 heteroatoms. The molecule has 132 valence electrons. The van der Waals surface area contributed by atoms with Gasteiger partial charge in [0.25, 0.3) is 5.91 Å². The van der Waals surface area contributed by atoms with Gasteiger partial charge in [0.2, 0.25) is 0 Å². The van der Waals surface area contributed by atoms with Crippen LogP contribution in [0.4, 0.5) is 5.82 Å². The predicted octanol–water partition coefficient (Wildman–Crippen LogP) is 4.32. The summed E-state index contributed by atoms with van der Waals surface area (Å²) in [7, 11) is 0. The Morgan fingerprint density at radius 3 is 2.38 bits per heavy atom. The van der Waals surface area contributed by atoms with Crippen molar-refractivity contribution >= 4 is 23.3 Å². The number of nitrogens with one attached hydrogen (secondary N) is 2. The highest BCUT2D eigenvalue weighted by Gasteiger charge is 2.06. The number of hydrogen-bond acceptors (Lipinski definition) is 3. The fourth-order valence-electron chi connectivity index (χ4n) is 2.50. The summed E-state index contributed by atoms with van der Waals surface area (Å²) in [5.74, 6) is 0.618. The van der Waals surface area contributed by atoms with E-state index in [9.17, 15) is 4.79 Å². The average molecular weight is 366 g/mol. The van der Waals surface area contributed by atoms with Crippen molar-refractivity contribution in [2.45, 2.75) is 13.0 Å². The summed E-state index contributed by atoms with van der Waals surface area (Å²) in [6.45, 7) is 1.26. The van der Waals surface area contributed by atoms with E-state index in [1.165, 1.54) is 5.56 Å². The minimum atomic E-state index is -0.130. The normalized spacial score (nSPS) is 10.3. The van der Waals surface area contributed by atoms with E-state index in [1.54, 1.807) is 12.3 Å². The molecule has 3 aromatic rings. The van der Waals surface area contributed by atoms with Crippen molar-refractivity contribution < 1.29 is 4.79 Å². The van der Waals surface area contributed by atoms with Crippen LogP contribution in [0, 0.1) is 0 Å². The molecule has 0 spiro atoms. The van der Waals surface area contributed by atoms with Gasteiger partial charge in [-0.05, 0) is 41.8 Å². The summed E-state index contributed by atoms with van der Waals surface area (Å²) in [4.78, 5) is 16.5. The molecule has 1 amide bonds. The maximum atomic E-state index is 12.2. The van der Waals surface area contributed by atoms with Crippen LogP contribution >= 0.6 is 11.6 Å². The highest BCUT2D eigenvalue weighted by molar-refractivity contribution is 6.30. The van der Waals surface area contributed by atoms with Crippen molar-refractivity contribution in [3.63, 3.8) is 0 Å². The zero-order chi connectivity index (χ0) is 18.2. The van der Waals surface area contributed by atoms with Gasteiger partial charge in [0.1, 0.15) is 5.82 Å². The molecule has 1 heterocycles. The van der Waals surface area contributed by atoms with Gasteiger partial charge in [-0.2, -0.15) is 0 Å². The van der Waals surface area contributed by atoms with Crippen molar-refractivity contribution in [2.24, 2.45) is 0 Å². The fourth-order valence-corrected chi connectivity index (χ4v) is 2.62. The number of pyridine rings is 1. The van der Waals surface area contributed by atoms with Crippen LogP contribution < -0.4 is 10.6 Å². The molecule has 0 atom stereocenters. The van der Waals surface area contributed by atoms with Gasteiger partial charge in [-0.15, -0.1) is 0 Å². The van der Waals surface area contributed by atoms with E-state index in [-0.39, 0.29) is 5.91 Å². The quantitative estimate of drug-likeness (QED) is 0.655. The first-order chi connectivity index (χ1) is 12.7. The Hall–Kier alpha value is -2.85. The number of hydrogen-bond donors (Lipinski definition) is 2. The van der Waals surface area contributed by atoms with Crippen LogP contribution in [0.1, 0.15) is 21.5 Å². The molecule has 1 aromatic heterocycles. The molecule has 0 bridgehead atoms. The molecule has 0 radical (unpaired) electrons. The Kier molecular flexibility index (Phi) is 6.23. The van der Waals surface area contributed by atoms with E-state index in [0.717, 1.165) is 29.4 Å². The van der Waals surface area contributed by atoms with Gasteiger partial charge in [-0.3, -0.25) is 4.79 Å². The van der Waals surface area contributed by atoms with Crippen LogP contribution in [0.5, 0.6) is 0 Å². The first-order valence-electron chi connectivity index (χ1n) is 8.47. The first kappa shape index (κ1) is 18.0. The third-order valence-corrected chi connectivity index (χ3v) is 4.21. The molecule has 0 aliphatic carbocycles. The summed E-state index contributed by atoms with van der Waals surface area (Å²) in [6.07, 6.45) is 2.46. The topological polar surface area (TPSA) is 54.0 Å². The molecule has 0 aliphatic heterocycles. The standard InChI is InChI=1S/C21H20ClN3O/c22-19-9-6-16(7-10-19)12-13-23-20-11-8-18(15-24-20)21(26)25-14-17-4-2-1-3-5-17/h1-11,15H,12-14H2,(H,23,24)(H,25,26). The van der Waals surface area contributed by atoms with Gasteiger partial charge in [0, 0.05) is 24.3 Å². The number of halogens is 1. The molecule has 2 aromatic carbocycles. The Labute approximate surface area is 158 Å². The van der Waals surface area contributed by atoms with E-state index in [0.29, 0.717) is 12.1 Å². The van der Waals surface area contributed by atoms with Gasteiger partial charge >= 0.3 is 0 Å². The van der Waals surface area contributed by atoms with Crippen molar-refractivity contribution in [3.8, 4) is 0 Å². The second kappa shape index (κ2) is 9.02. The number of carbonyl (C=O) groups excluding carboxylic acids is 1. The van der Waals surface area contributed by atoms with E-state index < -0.39 is 0 Å². The molecule has 4 nitrogen and oxygen atoms in total. The third-order valence-electron chi connectivity index (χ3n) is 3.95. The molecule has 0 saturated carbocycles. The van der Waals surface area contributed by atoms with Crippen molar-refractivity contribution in [3.05, 3.63) is 94.6 Å². The van der Waals surface area contributed by atoms with Gasteiger partial charge in [0.15, 0.2) is 0 Å². The second-order valence-electron chi connectivity index (χ2n) is 5.90. The monoisotopic (exact) mass is 365 g/mol. The van der Waals surface area contributed by atoms with E-state index >= 15 is 0 Å². The number of rotatable bonds is 7. The van der Waals surface area contributed by atoms with Crippen molar-refractivity contribution in [2.75, 3.05) is 11.9 Å². The highest BCUT2D eigenvalue weighted by Crippen LogP contribution is 2.11. The maximum Gasteiger partial charge on any atom is 0.253 e. The summed E-state index contributed by atoms with van der Waals surface area (Å²) < 4.78 is 0. The van der Waals surface area contributed by atoms with Crippen LogP contribution in [0.3, 0.4) is 0 Å². The summed E-state index contributed by atoms with van der Waals surface area (Å²) in [5, 5.41) is 6.89. The lowest BCUT2D eigenvalue weighted by atomic mass is 10.1. The molecule has 0 unspecified atom stereocenters. The Bertz CT molecular complexity index is 833. The minimum absolute atomic E-state index is 0.130. The third kappa shape index (κ3) is 5.33. The van der Waals surface area contributed by atoms with Crippen LogP contribution in [0.25, 0.3) is 0 Å². The molecule has 2 N–H and O–H groups in total. The zero-order valence-electron chi connectivity index (χ0n) is 14.3. The zero-order valence-corrected chi connectivity index (χ0v) is 15.0. The number of amides is 1. The lowest BCUT2D eigenvalue weighted by Gasteiger charge is -2.08. The molecule has 0 saturated heterocycles. The van der Waals surface area contributed by atoms with Gasteiger partial charge in [-0.1, -0.05) is 54.1 Å². The van der Waals surface area contributed by atoms with Crippen LogP contribution in [-0.4, -0.2) is 17.4 Å². The van der Waals surface area contributed by atoms with E-state index in [2.05, 4.69) is 15.6 Å². The smallest absolute Gasteiger partial charge is 0.253 e. The Morgan fingerprint density at radius 1 is 0.923 bits per heavy atom. The number of anilines is 1. The molecule has 3 rings (SSSR count). The molecule has 0 fully saturated rings. The summed E-state index contributed by atoms with van der Waals surface area (Å²) >= 11 is 5.88. The predicted molar refractivity (Wildman–Crippen MR) is 105 cm³/mol. The van der Waals surface area contributed by atoms with Gasteiger partial charge < -0.3 is 10.6 Å². The largest absolute Gasteiger partial charge is 0.370 e. The maximum absolute atomic E-state index is 12.2. The number of carbonyl (C=O) groups is 1. The number of nitrogens with zero attached hydrogens (tertiary/aromatic N) is 1. The average Bonchev–Trinajstić information content (AvgIpc) is 2.69. The summed E-state index contributed by atoms with van der Waals surface area (Å²) in [6, 6.07) is 21.2. The first-order valence-corrected chi connectivity index (χ1v) is 8.85. The number of benzene rings is 2. The van der Waals surface area contributed by atoms with E-state index in [1.807, 2.05) is 60.7 Å². The van der Waals surface area contributed by atoms with E-state index in [4.69, 9.17) is 11.6 Å². The van der Waals surface area contributed by atoms with Crippen molar-refractivity contribution in [1.82, 2.24) is 10.3 Å². The van der Waals surface area contributed by atoms with Crippen LogP contribution in [-0.2, 0) is 13.0 Å². The van der Waals surface area contributed by atoms with Crippen LogP contribution in [0.2, 0.25) is 5.02 Å². The molecular weight excluding hydrogens is 346 g/mol. The Morgan fingerprint density at radius 2 is 1.69 bits per heavy atom. The van der Waals surface area contributed by atoms with Crippen LogP contribution in [0.15, 0.2) is 72.9 Å². The fraction of sp³-hybridized carbons (Fsp3) is 0.143.